The van der Waals surface area contributed by atoms with Crippen molar-refractivity contribution in [1.29, 1.82) is 0 Å². The molecular formula is C13H26N2O3S. The van der Waals surface area contributed by atoms with Gasteiger partial charge in [-0.25, -0.2) is 8.42 Å². The normalized spacial score (nSPS) is 36.2. The van der Waals surface area contributed by atoms with E-state index in [1.54, 1.807) is 0 Å². The van der Waals surface area contributed by atoms with Crippen LogP contribution in [0.25, 0.3) is 0 Å². The molecule has 0 bridgehead atoms. The molecule has 0 radical (unpaired) electrons. The number of aliphatic hydroxyl groups is 1. The first-order valence-electron chi connectivity index (χ1n) is 7.30. The Morgan fingerprint density at radius 1 is 1.26 bits per heavy atom. The molecule has 0 spiro atoms. The van der Waals surface area contributed by atoms with Gasteiger partial charge in [-0.1, -0.05) is 6.42 Å². The zero-order valence-corrected chi connectivity index (χ0v) is 12.4. The molecule has 112 valence electrons. The molecule has 0 aromatic rings. The molecule has 3 N–H and O–H groups in total. The molecule has 0 amide bonds. The number of hydrogen-bond donors (Lipinski definition) is 2. The van der Waals surface area contributed by atoms with Crippen LogP contribution in [0.3, 0.4) is 0 Å². The van der Waals surface area contributed by atoms with Crippen LogP contribution in [0.2, 0.25) is 0 Å². The third-order valence-corrected chi connectivity index (χ3v) is 6.43. The summed E-state index contributed by atoms with van der Waals surface area (Å²) in [6.07, 6.45) is 4.55. The van der Waals surface area contributed by atoms with Gasteiger partial charge < -0.3 is 15.7 Å². The van der Waals surface area contributed by atoms with E-state index < -0.39 is 15.4 Å². The summed E-state index contributed by atoms with van der Waals surface area (Å²) in [4.78, 5) is 2.22. The molecule has 2 rings (SSSR count). The second kappa shape index (κ2) is 6.08. The molecule has 1 aliphatic carbocycles. The first-order chi connectivity index (χ1) is 8.95. The van der Waals surface area contributed by atoms with Crippen LogP contribution in [-0.4, -0.2) is 61.7 Å². The molecule has 1 aliphatic heterocycles. The minimum atomic E-state index is -2.83. The Morgan fingerprint density at radius 3 is 2.79 bits per heavy atom. The quantitative estimate of drug-likeness (QED) is 0.760. The average Bonchev–Trinajstić information content (AvgIpc) is 2.64. The Kier molecular flexibility index (Phi) is 4.87. The van der Waals surface area contributed by atoms with Crippen molar-refractivity contribution in [2.75, 3.05) is 37.7 Å². The molecular weight excluding hydrogens is 264 g/mol. The fraction of sp³-hybridized carbons (Fsp3) is 1.00. The summed E-state index contributed by atoms with van der Waals surface area (Å²) in [5.41, 5.74) is 5.00. The number of nitrogens with two attached hydrogens (primary N) is 1. The molecule has 5 nitrogen and oxygen atoms in total. The lowest BCUT2D eigenvalue weighted by Crippen LogP contribution is -2.42. The third kappa shape index (κ3) is 3.90. The summed E-state index contributed by atoms with van der Waals surface area (Å²) < 4.78 is 23.1. The Bertz CT molecular complexity index is 399. The van der Waals surface area contributed by atoms with Crippen LogP contribution in [0.4, 0.5) is 0 Å². The standard InChI is InChI=1S/C13H26N2O3S/c14-11-13(16)5-1-3-12(13)4-7-15-6-2-9-19(17,18)10-8-15/h12,16H,1-11,14H2. The molecule has 1 heterocycles. The first kappa shape index (κ1) is 15.2. The van der Waals surface area contributed by atoms with Gasteiger partial charge in [0.1, 0.15) is 0 Å². The molecule has 2 fully saturated rings. The maximum atomic E-state index is 11.5. The summed E-state index contributed by atoms with van der Waals surface area (Å²) in [5.74, 6) is 0.871. The van der Waals surface area contributed by atoms with Crippen LogP contribution < -0.4 is 5.73 Å². The van der Waals surface area contributed by atoms with Crippen molar-refractivity contribution in [3.05, 3.63) is 0 Å². The van der Waals surface area contributed by atoms with Gasteiger partial charge in [0, 0.05) is 13.1 Å². The Hall–Kier alpha value is -0.170. The Morgan fingerprint density at radius 2 is 2.05 bits per heavy atom. The van der Waals surface area contributed by atoms with Gasteiger partial charge in [-0.3, -0.25) is 0 Å². The van der Waals surface area contributed by atoms with Crippen LogP contribution in [0.1, 0.15) is 32.1 Å². The third-order valence-electron chi connectivity index (χ3n) is 4.72. The number of rotatable bonds is 4. The van der Waals surface area contributed by atoms with Gasteiger partial charge in [0.2, 0.25) is 0 Å². The zero-order valence-electron chi connectivity index (χ0n) is 11.6. The van der Waals surface area contributed by atoms with Crippen molar-refractivity contribution in [2.24, 2.45) is 11.7 Å². The highest BCUT2D eigenvalue weighted by atomic mass is 32.2. The van der Waals surface area contributed by atoms with E-state index in [1.807, 2.05) is 0 Å². The van der Waals surface area contributed by atoms with Crippen molar-refractivity contribution in [3.63, 3.8) is 0 Å². The van der Waals surface area contributed by atoms with E-state index in [0.717, 1.165) is 45.2 Å². The summed E-state index contributed by atoms with van der Waals surface area (Å²) in [6, 6.07) is 0. The van der Waals surface area contributed by atoms with E-state index >= 15 is 0 Å². The first-order valence-corrected chi connectivity index (χ1v) is 9.12. The molecule has 2 atom stereocenters. The maximum absolute atomic E-state index is 11.5. The minimum absolute atomic E-state index is 0.275. The molecule has 1 saturated heterocycles. The SMILES string of the molecule is NCC1(O)CCCC1CCN1CCCS(=O)(=O)CC1. The van der Waals surface area contributed by atoms with Crippen LogP contribution in [0.5, 0.6) is 0 Å². The summed E-state index contributed by atoms with van der Waals surface area (Å²) in [6.45, 7) is 2.71. The van der Waals surface area contributed by atoms with Gasteiger partial charge >= 0.3 is 0 Å². The van der Waals surface area contributed by atoms with Crippen LogP contribution >= 0.6 is 0 Å². The highest BCUT2D eigenvalue weighted by molar-refractivity contribution is 7.91. The second-order valence-corrected chi connectivity index (χ2v) is 8.34. The Balaban J connectivity index is 1.82. The fourth-order valence-corrected chi connectivity index (χ4v) is 4.67. The smallest absolute Gasteiger partial charge is 0.151 e. The van der Waals surface area contributed by atoms with Crippen LogP contribution in [0, 0.1) is 5.92 Å². The van der Waals surface area contributed by atoms with Gasteiger partial charge in [0.25, 0.3) is 0 Å². The molecule has 0 aromatic carbocycles. The number of nitrogens with zero attached hydrogens (tertiary/aromatic N) is 1. The largest absolute Gasteiger partial charge is 0.388 e. The molecule has 0 aromatic heterocycles. The lowest BCUT2D eigenvalue weighted by molar-refractivity contribution is 0.00480. The molecule has 6 heteroatoms. The monoisotopic (exact) mass is 290 g/mol. The van der Waals surface area contributed by atoms with Crippen molar-refractivity contribution in [2.45, 2.75) is 37.7 Å². The van der Waals surface area contributed by atoms with E-state index in [2.05, 4.69) is 4.90 Å². The molecule has 1 saturated carbocycles. The van der Waals surface area contributed by atoms with Gasteiger partial charge in [-0.2, -0.15) is 0 Å². The van der Waals surface area contributed by atoms with Gasteiger partial charge in [-0.05, 0) is 44.7 Å². The topological polar surface area (TPSA) is 83.6 Å². The van der Waals surface area contributed by atoms with E-state index in [0.29, 0.717) is 18.8 Å². The maximum Gasteiger partial charge on any atom is 0.151 e. The van der Waals surface area contributed by atoms with Crippen LogP contribution in [-0.2, 0) is 9.84 Å². The highest BCUT2D eigenvalue weighted by Gasteiger charge is 2.39. The van der Waals surface area contributed by atoms with E-state index in [-0.39, 0.29) is 11.7 Å². The van der Waals surface area contributed by atoms with Gasteiger partial charge in [0.15, 0.2) is 9.84 Å². The van der Waals surface area contributed by atoms with Crippen LogP contribution in [0.15, 0.2) is 0 Å². The second-order valence-electron chi connectivity index (χ2n) is 6.03. The van der Waals surface area contributed by atoms with E-state index in [1.165, 1.54) is 0 Å². The van der Waals surface area contributed by atoms with E-state index in [9.17, 15) is 13.5 Å². The lowest BCUT2D eigenvalue weighted by atomic mass is 9.88. The Labute approximate surface area is 116 Å². The van der Waals surface area contributed by atoms with Gasteiger partial charge in [-0.15, -0.1) is 0 Å². The lowest BCUT2D eigenvalue weighted by Gasteiger charge is -2.30. The molecule has 19 heavy (non-hydrogen) atoms. The van der Waals surface area contributed by atoms with Crippen molar-refractivity contribution in [1.82, 2.24) is 4.90 Å². The summed E-state index contributed by atoms with van der Waals surface area (Å²) in [7, 11) is -2.83. The molecule has 2 aliphatic rings. The highest BCUT2D eigenvalue weighted by Crippen LogP contribution is 2.37. The minimum Gasteiger partial charge on any atom is -0.388 e. The van der Waals surface area contributed by atoms with Crippen molar-refractivity contribution >= 4 is 9.84 Å². The van der Waals surface area contributed by atoms with E-state index in [4.69, 9.17) is 5.73 Å². The molecule has 2 unspecified atom stereocenters. The summed E-state index contributed by atoms with van der Waals surface area (Å²) in [5, 5.41) is 10.4. The van der Waals surface area contributed by atoms with Gasteiger partial charge in [0.05, 0.1) is 17.1 Å². The number of hydrogen-bond acceptors (Lipinski definition) is 5. The zero-order chi connectivity index (χ0) is 13.9. The summed E-state index contributed by atoms with van der Waals surface area (Å²) >= 11 is 0. The predicted octanol–water partition coefficient (Wildman–Crippen LogP) is -0.0131. The number of sulfone groups is 1. The van der Waals surface area contributed by atoms with Crippen molar-refractivity contribution < 1.29 is 13.5 Å². The predicted molar refractivity (Wildman–Crippen MR) is 75.7 cm³/mol. The van der Waals surface area contributed by atoms with Crippen molar-refractivity contribution in [3.8, 4) is 0 Å². The average molecular weight is 290 g/mol. The fourth-order valence-electron chi connectivity index (χ4n) is 3.36.